The Kier molecular flexibility index (Phi) is 4.04. The molecule has 0 bridgehead atoms. The van der Waals surface area contributed by atoms with Gasteiger partial charge in [0.25, 0.3) is 10.1 Å². The summed E-state index contributed by atoms with van der Waals surface area (Å²) in [5.41, 5.74) is 0.542. The van der Waals surface area contributed by atoms with Crippen molar-refractivity contribution in [3.05, 3.63) is 55.1 Å². The molecule has 0 aliphatic carbocycles. The van der Waals surface area contributed by atoms with Crippen molar-refractivity contribution >= 4 is 10.1 Å². The Balaban J connectivity index is 3.32. The van der Waals surface area contributed by atoms with E-state index in [0.29, 0.717) is 12.0 Å². The van der Waals surface area contributed by atoms with Crippen LogP contribution >= 0.6 is 0 Å². The van der Waals surface area contributed by atoms with Crippen LogP contribution in [0, 0.1) is 0 Å². The van der Waals surface area contributed by atoms with E-state index in [1.54, 1.807) is 30.4 Å². The molecule has 1 unspecified atom stereocenters. The standard InChI is InChI=1S/C12H14O3S/c1-3-7-10(4-2)11-8-5-6-9-12(11)16(13,14)15/h3-6,8-10H,1-2,7H2,(H,13,14,15). The van der Waals surface area contributed by atoms with Crippen molar-refractivity contribution in [2.75, 3.05) is 0 Å². The van der Waals surface area contributed by atoms with E-state index >= 15 is 0 Å². The van der Waals surface area contributed by atoms with E-state index in [1.807, 2.05) is 0 Å². The maximum Gasteiger partial charge on any atom is 0.294 e. The largest absolute Gasteiger partial charge is 0.294 e. The summed E-state index contributed by atoms with van der Waals surface area (Å²) in [7, 11) is -4.19. The quantitative estimate of drug-likeness (QED) is 0.634. The molecule has 86 valence electrons. The Bertz CT molecular complexity index is 489. The molecule has 0 fully saturated rings. The lowest BCUT2D eigenvalue weighted by atomic mass is 9.96. The van der Waals surface area contributed by atoms with Gasteiger partial charge >= 0.3 is 0 Å². The fraction of sp³-hybridized carbons (Fsp3) is 0.167. The minimum atomic E-state index is -4.19. The van der Waals surface area contributed by atoms with Gasteiger partial charge in [0.2, 0.25) is 0 Å². The first-order chi connectivity index (χ1) is 7.50. The SMILES string of the molecule is C=CCC(C=C)c1ccccc1S(=O)(=O)O. The zero-order valence-corrected chi connectivity index (χ0v) is 9.65. The summed E-state index contributed by atoms with van der Waals surface area (Å²) >= 11 is 0. The Morgan fingerprint density at radius 2 is 1.94 bits per heavy atom. The summed E-state index contributed by atoms with van der Waals surface area (Å²) in [4.78, 5) is -0.0678. The van der Waals surface area contributed by atoms with E-state index in [9.17, 15) is 8.42 Å². The molecule has 0 saturated heterocycles. The second-order valence-electron chi connectivity index (χ2n) is 3.38. The van der Waals surface area contributed by atoms with Gasteiger partial charge in [0.1, 0.15) is 0 Å². The molecule has 1 aromatic rings. The predicted octanol–water partition coefficient (Wildman–Crippen LogP) is 2.78. The molecule has 0 aliphatic heterocycles. The van der Waals surface area contributed by atoms with E-state index in [-0.39, 0.29) is 10.8 Å². The average Bonchev–Trinajstić information content (AvgIpc) is 2.25. The molecule has 1 atom stereocenters. The van der Waals surface area contributed by atoms with Gasteiger partial charge in [-0.3, -0.25) is 4.55 Å². The lowest BCUT2D eigenvalue weighted by Crippen LogP contribution is -2.05. The molecule has 0 aliphatic rings. The van der Waals surface area contributed by atoms with Crippen molar-refractivity contribution in [2.24, 2.45) is 0 Å². The maximum atomic E-state index is 11.2. The molecule has 3 nitrogen and oxygen atoms in total. The van der Waals surface area contributed by atoms with Crippen molar-refractivity contribution in [2.45, 2.75) is 17.2 Å². The van der Waals surface area contributed by atoms with Crippen LogP contribution < -0.4 is 0 Å². The average molecular weight is 238 g/mol. The number of benzene rings is 1. The van der Waals surface area contributed by atoms with Crippen molar-refractivity contribution < 1.29 is 13.0 Å². The monoisotopic (exact) mass is 238 g/mol. The maximum absolute atomic E-state index is 11.2. The highest BCUT2D eigenvalue weighted by molar-refractivity contribution is 7.85. The van der Waals surface area contributed by atoms with Gasteiger partial charge in [0, 0.05) is 5.92 Å². The highest BCUT2D eigenvalue weighted by Crippen LogP contribution is 2.27. The van der Waals surface area contributed by atoms with Crippen LogP contribution in [0.4, 0.5) is 0 Å². The fourth-order valence-corrected chi connectivity index (χ4v) is 2.32. The summed E-state index contributed by atoms with van der Waals surface area (Å²) in [6.45, 7) is 7.26. The van der Waals surface area contributed by atoms with Crippen LogP contribution in [0.25, 0.3) is 0 Å². The second kappa shape index (κ2) is 5.09. The zero-order valence-electron chi connectivity index (χ0n) is 8.83. The molecule has 0 radical (unpaired) electrons. The first-order valence-electron chi connectivity index (χ1n) is 4.80. The van der Waals surface area contributed by atoms with E-state index in [2.05, 4.69) is 13.2 Å². The molecule has 0 amide bonds. The van der Waals surface area contributed by atoms with Gasteiger partial charge in [-0.05, 0) is 18.1 Å². The first-order valence-corrected chi connectivity index (χ1v) is 6.24. The summed E-state index contributed by atoms with van der Waals surface area (Å²) in [5, 5.41) is 0. The van der Waals surface area contributed by atoms with Gasteiger partial charge in [-0.2, -0.15) is 8.42 Å². The minimum absolute atomic E-state index is 0.0678. The van der Waals surface area contributed by atoms with E-state index in [0.717, 1.165) is 0 Å². The molecule has 1 rings (SSSR count). The van der Waals surface area contributed by atoms with Crippen molar-refractivity contribution in [1.82, 2.24) is 0 Å². The third kappa shape index (κ3) is 2.81. The molecule has 0 spiro atoms. The summed E-state index contributed by atoms with van der Waals surface area (Å²) < 4.78 is 31.4. The molecule has 4 heteroatoms. The third-order valence-electron chi connectivity index (χ3n) is 2.30. The lowest BCUT2D eigenvalue weighted by molar-refractivity contribution is 0.481. The van der Waals surface area contributed by atoms with Gasteiger partial charge < -0.3 is 0 Å². The Morgan fingerprint density at radius 3 is 2.44 bits per heavy atom. The summed E-state index contributed by atoms with van der Waals surface area (Å²) in [5.74, 6) is -0.157. The Labute approximate surface area is 95.9 Å². The van der Waals surface area contributed by atoms with Gasteiger partial charge in [0.05, 0.1) is 4.90 Å². The number of hydrogen-bond acceptors (Lipinski definition) is 2. The highest BCUT2D eigenvalue weighted by Gasteiger charge is 2.18. The first kappa shape index (κ1) is 12.7. The smallest absolute Gasteiger partial charge is 0.282 e. The summed E-state index contributed by atoms with van der Waals surface area (Å²) in [6.07, 6.45) is 3.91. The minimum Gasteiger partial charge on any atom is -0.282 e. The van der Waals surface area contributed by atoms with E-state index in [1.165, 1.54) is 6.07 Å². The zero-order chi connectivity index (χ0) is 12.2. The Hall–Kier alpha value is -1.39. The predicted molar refractivity (Wildman–Crippen MR) is 64.0 cm³/mol. The molecule has 0 aromatic heterocycles. The van der Waals surface area contributed by atoms with E-state index < -0.39 is 10.1 Å². The van der Waals surface area contributed by atoms with Crippen molar-refractivity contribution in [3.63, 3.8) is 0 Å². The van der Waals surface area contributed by atoms with Crippen LogP contribution in [0.2, 0.25) is 0 Å². The molecule has 0 heterocycles. The molecule has 1 aromatic carbocycles. The third-order valence-corrected chi connectivity index (χ3v) is 3.23. The van der Waals surface area contributed by atoms with E-state index in [4.69, 9.17) is 4.55 Å². The van der Waals surface area contributed by atoms with Gasteiger partial charge in [-0.15, -0.1) is 13.2 Å². The van der Waals surface area contributed by atoms with Crippen LogP contribution in [0.1, 0.15) is 17.9 Å². The van der Waals surface area contributed by atoms with Crippen LogP contribution in [0.5, 0.6) is 0 Å². The topological polar surface area (TPSA) is 54.4 Å². The Morgan fingerprint density at radius 1 is 1.31 bits per heavy atom. The molecule has 0 saturated carbocycles. The normalized spacial score (nSPS) is 13.1. The van der Waals surface area contributed by atoms with Gasteiger partial charge in [-0.1, -0.05) is 30.4 Å². The number of rotatable bonds is 5. The lowest BCUT2D eigenvalue weighted by Gasteiger charge is -2.13. The molecular formula is C12H14O3S. The van der Waals surface area contributed by atoms with Crippen LogP contribution in [-0.2, 0) is 10.1 Å². The van der Waals surface area contributed by atoms with Crippen molar-refractivity contribution in [3.8, 4) is 0 Å². The number of allylic oxidation sites excluding steroid dienone is 2. The van der Waals surface area contributed by atoms with Crippen molar-refractivity contribution in [1.29, 1.82) is 0 Å². The fourth-order valence-electron chi connectivity index (χ4n) is 1.55. The second-order valence-corrected chi connectivity index (χ2v) is 4.77. The van der Waals surface area contributed by atoms with Crippen LogP contribution in [0.15, 0.2) is 54.5 Å². The van der Waals surface area contributed by atoms with Gasteiger partial charge in [0.15, 0.2) is 0 Å². The molecule has 16 heavy (non-hydrogen) atoms. The van der Waals surface area contributed by atoms with Crippen LogP contribution in [-0.4, -0.2) is 13.0 Å². The van der Waals surface area contributed by atoms with Crippen LogP contribution in [0.3, 0.4) is 0 Å². The highest BCUT2D eigenvalue weighted by atomic mass is 32.2. The molecular weight excluding hydrogens is 224 g/mol. The molecule has 1 N–H and O–H groups in total. The summed E-state index contributed by atoms with van der Waals surface area (Å²) in [6, 6.07) is 6.34. The number of hydrogen-bond donors (Lipinski definition) is 1. The van der Waals surface area contributed by atoms with Gasteiger partial charge in [-0.25, -0.2) is 0 Å².